The SMILES string of the molecule is CC(=O)[SH](=N)(c1ccccc1)c1ccccc1. The molecule has 88 valence electrons. The van der Waals surface area contributed by atoms with Gasteiger partial charge >= 0.3 is 0 Å². The smallest absolute Gasteiger partial charge is 0.183 e. The van der Waals surface area contributed by atoms with Gasteiger partial charge in [0.05, 0.1) is 0 Å². The van der Waals surface area contributed by atoms with Gasteiger partial charge in [-0.25, -0.2) is 0 Å². The zero-order chi connectivity index (χ0) is 12.3. The van der Waals surface area contributed by atoms with Crippen molar-refractivity contribution in [2.45, 2.75) is 16.7 Å². The number of carbonyl (C=O) groups is 1. The number of rotatable bonds is 2. The van der Waals surface area contributed by atoms with Crippen molar-refractivity contribution in [2.24, 2.45) is 0 Å². The van der Waals surface area contributed by atoms with Crippen LogP contribution in [0.2, 0.25) is 0 Å². The maximum atomic E-state index is 11.9. The van der Waals surface area contributed by atoms with Crippen molar-refractivity contribution in [3.05, 3.63) is 60.7 Å². The van der Waals surface area contributed by atoms with Crippen molar-refractivity contribution in [3.8, 4) is 0 Å². The number of thiol groups is 1. The molecule has 1 N–H and O–H groups in total. The van der Waals surface area contributed by atoms with Crippen molar-refractivity contribution in [1.29, 1.82) is 4.78 Å². The largest absolute Gasteiger partial charge is 0.288 e. The van der Waals surface area contributed by atoms with Crippen LogP contribution >= 0.6 is 0 Å². The predicted molar refractivity (Wildman–Crippen MR) is 71.6 cm³/mol. The highest BCUT2D eigenvalue weighted by atomic mass is 32.2. The molecule has 0 aliphatic carbocycles. The highest BCUT2D eigenvalue weighted by molar-refractivity contribution is 8.17. The molecule has 0 radical (unpaired) electrons. The van der Waals surface area contributed by atoms with Crippen LogP contribution in [0.25, 0.3) is 0 Å². The molecule has 0 fully saturated rings. The zero-order valence-electron chi connectivity index (χ0n) is 9.63. The molecule has 0 saturated heterocycles. The van der Waals surface area contributed by atoms with Gasteiger partial charge in [0.1, 0.15) is 0 Å². The molecule has 2 aromatic rings. The summed E-state index contributed by atoms with van der Waals surface area (Å²) in [6, 6.07) is 18.8. The van der Waals surface area contributed by atoms with E-state index in [2.05, 4.69) is 0 Å². The standard InChI is InChI=1S/C14H15NOS/c1-12(16)17(15,13-8-4-2-5-9-13)14-10-6-3-7-11-14/h2-11,15,17H,1H3. The zero-order valence-corrected chi connectivity index (χ0v) is 10.5. The molecule has 0 heterocycles. The summed E-state index contributed by atoms with van der Waals surface area (Å²) >= 11 is 0. The van der Waals surface area contributed by atoms with Gasteiger partial charge in [-0.3, -0.25) is 9.57 Å². The quantitative estimate of drug-likeness (QED) is 0.783. The topological polar surface area (TPSA) is 40.9 Å². The van der Waals surface area contributed by atoms with Crippen LogP contribution in [0, 0.1) is 4.78 Å². The molecule has 0 aromatic heterocycles. The van der Waals surface area contributed by atoms with Crippen LogP contribution in [0.5, 0.6) is 0 Å². The number of hydrogen-bond donors (Lipinski definition) is 2. The molecule has 0 bridgehead atoms. The van der Waals surface area contributed by atoms with Gasteiger partial charge in [-0.15, -0.1) is 0 Å². The van der Waals surface area contributed by atoms with Crippen molar-refractivity contribution in [2.75, 3.05) is 0 Å². The molecular formula is C14H15NOS. The Morgan fingerprint density at radius 1 is 0.882 bits per heavy atom. The lowest BCUT2D eigenvalue weighted by atomic mass is 10.4. The van der Waals surface area contributed by atoms with Gasteiger partial charge in [-0.05, 0) is 24.3 Å². The van der Waals surface area contributed by atoms with E-state index in [0.717, 1.165) is 9.79 Å². The van der Waals surface area contributed by atoms with Crippen LogP contribution in [0.1, 0.15) is 6.92 Å². The Morgan fingerprint density at radius 3 is 1.53 bits per heavy atom. The number of hydrogen-bond acceptors (Lipinski definition) is 2. The van der Waals surface area contributed by atoms with Crippen molar-refractivity contribution in [1.82, 2.24) is 0 Å². The Morgan fingerprint density at radius 2 is 1.24 bits per heavy atom. The Bertz CT molecular complexity index is 520. The third-order valence-corrected chi connectivity index (χ3v) is 5.85. The molecule has 17 heavy (non-hydrogen) atoms. The van der Waals surface area contributed by atoms with Crippen molar-refractivity contribution >= 4 is 14.9 Å². The summed E-state index contributed by atoms with van der Waals surface area (Å²) in [5.74, 6) is 0. The van der Waals surface area contributed by atoms with Gasteiger partial charge in [-0.1, -0.05) is 46.2 Å². The second-order valence-electron chi connectivity index (χ2n) is 3.86. The summed E-state index contributed by atoms with van der Waals surface area (Å²) in [5, 5.41) is -0.0603. The summed E-state index contributed by atoms with van der Waals surface area (Å²) in [5.41, 5.74) is 0. The number of carbonyl (C=O) groups excluding carboxylic acids is 1. The summed E-state index contributed by atoms with van der Waals surface area (Å²) in [6.45, 7) is 1.51. The van der Waals surface area contributed by atoms with Gasteiger partial charge in [-0.2, -0.15) is 0 Å². The monoisotopic (exact) mass is 245 g/mol. The van der Waals surface area contributed by atoms with E-state index in [-0.39, 0.29) is 5.12 Å². The molecule has 2 rings (SSSR count). The first-order valence-corrected chi connectivity index (χ1v) is 7.21. The molecule has 0 amide bonds. The minimum absolute atomic E-state index is 0.0603. The Kier molecular flexibility index (Phi) is 3.20. The van der Waals surface area contributed by atoms with Gasteiger partial charge in [0.15, 0.2) is 5.12 Å². The lowest BCUT2D eigenvalue weighted by Crippen LogP contribution is -2.19. The van der Waals surface area contributed by atoms with Crippen LogP contribution < -0.4 is 0 Å². The first-order valence-electron chi connectivity index (χ1n) is 5.42. The third-order valence-electron chi connectivity index (χ3n) is 2.76. The van der Waals surface area contributed by atoms with E-state index in [1.54, 1.807) is 0 Å². The highest BCUT2D eigenvalue weighted by Crippen LogP contribution is 2.29. The first kappa shape index (κ1) is 11.7. The maximum Gasteiger partial charge on any atom is 0.183 e. The molecule has 0 aliphatic rings. The fraction of sp³-hybridized carbons (Fsp3) is 0.0714. The van der Waals surface area contributed by atoms with E-state index in [0.29, 0.717) is 0 Å². The lowest BCUT2D eigenvalue weighted by Gasteiger charge is -2.25. The molecule has 0 spiro atoms. The predicted octanol–water partition coefficient (Wildman–Crippen LogP) is 3.30. The van der Waals surface area contributed by atoms with Crippen LogP contribution in [0.4, 0.5) is 0 Å². The molecule has 2 nitrogen and oxygen atoms in total. The van der Waals surface area contributed by atoms with Crippen molar-refractivity contribution < 1.29 is 4.79 Å². The lowest BCUT2D eigenvalue weighted by molar-refractivity contribution is -0.109. The summed E-state index contributed by atoms with van der Waals surface area (Å²) in [6.07, 6.45) is 0. The van der Waals surface area contributed by atoms with Crippen LogP contribution in [-0.4, -0.2) is 5.12 Å². The number of benzene rings is 2. The molecule has 0 atom stereocenters. The van der Waals surface area contributed by atoms with Crippen LogP contribution in [0.15, 0.2) is 70.5 Å². The molecule has 2 aromatic carbocycles. The molecule has 0 unspecified atom stereocenters. The normalized spacial score (nSPS) is 12.1. The molecular weight excluding hydrogens is 230 g/mol. The Balaban J connectivity index is 2.64. The first-order chi connectivity index (χ1) is 8.15. The maximum absolute atomic E-state index is 11.9. The van der Waals surface area contributed by atoms with Gasteiger partial charge in [0.25, 0.3) is 0 Å². The Hall–Kier alpha value is -1.74. The second-order valence-corrected chi connectivity index (χ2v) is 6.87. The van der Waals surface area contributed by atoms with E-state index in [1.807, 2.05) is 60.7 Å². The molecule has 3 heteroatoms. The van der Waals surface area contributed by atoms with Crippen LogP contribution in [0.3, 0.4) is 0 Å². The minimum atomic E-state index is -2.63. The van der Waals surface area contributed by atoms with Crippen molar-refractivity contribution in [3.63, 3.8) is 0 Å². The van der Waals surface area contributed by atoms with Gasteiger partial charge in [0, 0.05) is 16.7 Å². The summed E-state index contributed by atoms with van der Waals surface area (Å²) in [4.78, 5) is 13.6. The summed E-state index contributed by atoms with van der Waals surface area (Å²) in [7, 11) is -2.63. The summed E-state index contributed by atoms with van der Waals surface area (Å²) < 4.78 is 8.62. The van der Waals surface area contributed by atoms with Gasteiger partial charge < -0.3 is 0 Å². The van der Waals surface area contributed by atoms with Crippen LogP contribution in [-0.2, 0) is 14.6 Å². The molecule has 0 saturated carbocycles. The second kappa shape index (κ2) is 4.63. The highest BCUT2D eigenvalue weighted by Gasteiger charge is 2.21. The van der Waals surface area contributed by atoms with E-state index >= 15 is 0 Å². The fourth-order valence-electron chi connectivity index (χ4n) is 1.82. The Labute approximate surface area is 102 Å². The molecule has 0 aliphatic heterocycles. The van der Waals surface area contributed by atoms with E-state index in [1.165, 1.54) is 6.92 Å². The van der Waals surface area contributed by atoms with Gasteiger partial charge in [0.2, 0.25) is 0 Å². The van der Waals surface area contributed by atoms with E-state index < -0.39 is 9.82 Å². The third kappa shape index (κ3) is 2.06. The van der Waals surface area contributed by atoms with E-state index in [4.69, 9.17) is 4.78 Å². The van der Waals surface area contributed by atoms with E-state index in [9.17, 15) is 4.79 Å². The average Bonchev–Trinajstić information content (AvgIpc) is 2.39. The minimum Gasteiger partial charge on any atom is -0.288 e. The number of nitrogens with one attached hydrogen (secondary N) is 1. The average molecular weight is 245 g/mol. The fourth-order valence-corrected chi connectivity index (χ4v) is 4.08.